The lowest BCUT2D eigenvalue weighted by molar-refractivity contribution is 0.145. The van der Waals surface area contributed by atoms with Gasteiger partial charge in [0.2, 0.25) is 0 Å². The molecule has 0 unspecified atom stereocenters. The van der Waals surface area contributed by atoms with E-state index in [2.05, 4.69) is 13.8 Å². The van der Waals surface area contributed by atoms with Gasteiger partial charge in [-0.05, 0) is 24.7 Å². The Morgan fingerprint density at radius 2 is 1.42 bits per heavy atom. The molecule has 0 N–H and O–H groups in total. The van der Waals surface area contributed by atoms with Crippen molar-refractivity contribution in [2.45, 2.75) is 73.6 Å². The molecule has 0 amide bonds. The van der Waals surface area contributed by atoms with Crippen LogP contribution in [0, 0.1) is 5.41 Å². The van der Waals surface area contributed by atoms with E-state index < -0.39 is 0 Å². The summed E-state index contributed by atoms with van der Waals surface area (Å²) < 4.78 is 0. The summed E-state index contributed by atoms with van der Waals surface area (Å²) in [6.07, 6.45) is 7.28. The first kappa shape index (κ1) is 14.5. The van der Waals surface area contributed by atoms with Gasteiger partial charge in [-0.15, -0.1) is 0 Å². The highest BCUT2D eigenvalue weighted by atomic mass is 14.3. The van der Waals surface area contributed by atoms with Crippen molar-refractivity contribution in [1.82, 2.24) is 0 Å². The fraction of sp³-hybridized carbons (Fsp3) is 1.00. The summed E-state index contributed by atoms with van der Waals surface area (Å²) in [5, 5.41) is 0. The third-order valence-corrected chi connectivity index (χ3v) is 2.41. The van der Waals surface area contributed by atoms with Crippen molar-refractivity contribution >= 4 is 0 Å². The molecule has 0 radical (unpaired) electrons. The fourth-order valence-electron chi connectivity index (χ4n) is 1.63. The Morgan fingerprint density at radius 1 is 1.00 bits per heavy atom. The molecule has 1 saturated carbocycles. The number of rotatable bonds is 2. The predicted octanol–water partition coefficient (Wildman–Crippen LogP) is 5.03. The van der Waals surface area contributed by atoms with Crippen LogP contribution in [0.3, 0.4) is 0 Å². The van der Waals surface area contributed by atoms with Crippen molar-refractivity contribution in [1.29, 1.82) is 0 Å². The second kappa shape index (κ2) is 9.09. The molecule has 1 aliphatic rings. The van der Waals surface area contributed by atoms with Crippen molar-refractivity contribution < 1.29 is 0 Å². The van der Waals surface area contributed by atoms with Crippen molar-refractivity contribution in [2.24, 2.45) is 5.41 Å². The van der Waals surface area contributed by atoms with Crippen LogP contribution in [0.15, 0.2) is 0 Å². The molecular weight excluding hydrogens is 144 g/mol. The van der Waals surface area contributed by atoms with E-state index in [1.807, 2.05) is 27.7 Å². The molecule has 0 bridgehead atoms. The lowest BCUT2D eigenvalue weighted by atomic mass is 9.68. The standard InChI is InChI=1S/C8H16.2C2H6/c1-3-5-8(2)6-4-7-8;2*1-2/h3-7H2,1-2H3;2*1-2H3. The lowest BCUT2D eigenvalue weighted by Crippen LogP contribution is -2.24. The van der Waals surface area contributed by atoms with Gasteiger partial charge < -0.3 is 0 Å². The molecule has 0 heteroatoms. The Kier molecular flexibility index (Phi) is 11.0. The SMILES string of the molecule is CC.CC.CCCC1(C)CCC1. The summed E-state index contributed by atoms with van der Waals surface area (Å²) >= 11 is 0. The fourth-order valence-corrected chi connectivity index (χ4v) is 1.63. The zero-order valence-corrected chi connectivity index (χ0v) is 10.0. The highest BCUT2D eigenvalue weighted by Gasteiger charge is 2.29. The average Bonchev–Trinajstić information content (AvgIpc) is 2.10. The zero-order valence-electron chi connectivity index (χ0n) is 10.0. The molecule has 0 aromatic carbocycles. The zero-order chi connectivity index (χ0) is 10.0. The minimum Gasteiger partial charge on any atom is -0.0683 e. The lowest BCUT2D eigenvalue weighted by Gasteiger charge is -2.38. The minimum atomic E-state index is 0.773. The van der Waals surface area contributed by atoms with E-state index in [1.54, 1.807) is 0 Å². The van der Waals surface area contributed by atoms with Crippen LogP contribution in [-0.4, -0.2) is 0 Å². The number of hydrogen-bond acceptors (Lipinski definition) is 0. The van der Waals surface area contributed by atoms with Crippen LogP contribution in [0.5, 0.6) is 0 Å². The van der Waals surface area contributed by atoms with Crippen LogP contribution in [-0.2, 0) is 0 Å². The van der Waals surface area contributed by atoms with E-state index in [0.717, 1.165) is 5.41 Å². The first-order valence-electron chi connectivity index (χ1n) is 5.77. The van der Waals surface area contributed by atoms with Crippen LogP contribution < -0.4 is 0 Å². The van der Waals surface area contributed by atoms with Crippen LogP contribution in [0.25, 0.3) is 0 Å². The van der Waals surface area contributed by atoms with Gasteiger partial charge in [-0.25, -0.2) is 0 Å². The maximum Gasteiger partial charge on any atom is -0.0326 e. The Balaban J connectivity index is 0. The molecule has 1 rings (SSSR count). The molecule has 0 atom stereocenters. The quantitative estimate of drug-likeness (QED) is 0.548. The molecule has 0 nitrogen and oxygen atoms in total. The van der Waals surface area contributed by atoms with E-state index in [0.29, 0.717) is 0 Å². The van der Waals surface area contributed by atoms with Gasteiger partial charge in [-0.3, -0.25) is 0 Å². The monoisotopic (exact) mass is 172 g/mol. The summed E-state index contributed by atoms with van der Waals surface area (Å²) in [7, 11) is 0. The largest absolute Gasteiger partial charge is 0.0683 e. The van der Waals surface area contributed by atoms with E-state index in [4.69, 9.17) is 0 Å². The van der Waals surface area contributed by atoms with Crippen molar-refractivity contribution in [2.75, 3.05) is 0 Å². The molecule has 0 aromatic rings. The molecule has 0 saturated heterocycles. The normalized spacial score (nSPS) is 17.5. The highest BCUT2D eigenvalue weighted by Crippen LogP contribution is 2.43. The van der Waals surface area contributed by atoms with E-state index in [9.17, 15) is 0 Å². The van der Waals surface area contributed by atoms with Crippen LogP contribution in [0.4, 0.5) is 0 Å². The Hall–Kier alpha value is 0. The highest BCUT2D eigenvalue weighted by molar-refractivity contribution is 4.82. The van der Waals surface area contributed by atoms with E-state index in [-0.39, 0.29) is 0 Å². The minimum absolute atomic E-state index is 0.773. The van der Waals surface area contributed by atoms with Crippen LogP contribution in [0.2, 0.25) is 0 Å². The van der Waals surface area contributed by atoms with Gasteiger partial charge in [0.15, 0.2) is 0 Å². The first-order chi connectivity index (χ1) is 5.77. The summed E-state index contributed by atoms with van der Waals surface area (Å²) in [6, 6.07) is 0. The Bertz CT molecular complexity index is 70.1. The van der Waals surface area contributed by atoms with Crippen LogP contribution >= 0.6 is 0 Å². The molecule has 1 fully saturated rings. The maximum absolute atomic E-state index is 2.42. The van der Waals surface area contributed by atoms with Crippen molar-refractivity contribution in [3.8, 4) is 0 Å². The Labute approximate surface area is 79.8 Å². The van der Waals surface area contributed by atoms with Gasteiger partial charge in [0.25, 0.3) is 0 Å². The van der Waals surface area contributed by atoms with Gasteiger partial charge in [0, 0.05) is 0 Å². The summed E-state index contributed by atoms with van der Waals surface area (Å²) in [4.78, 5) is 0. The maximum atomic E-state index is 2.42. The molecule has 1 aliphatic carbocycles. The average molecular weight is 172 g/mol. The van der Waals surface area contributed by atoms with E-state index >= 15 is 0 Å². The number of hydrogen-bond donors (Lipinski definition) is 0. The van der Waals surface area contributed by atoms with Crippen molar-refractivity contribution in [3.05, 3.63) is 0 Å². The molecular formula is C12H28. The molecule has 0 spiro atoms. The van der Waals surface area contributed by atoms with Crippen molar-refractivity contribution in [3.63, 3.8) is 0 Å². The second-order valence-electron chi connectivity index (χ2n) is 3.41. The summed E-state index contributed by atoms with van der Waals surface area (Å²) in [5.74, 6) is 0. The molecule has 0 aromatic heterocycles. The predicted molar refractivity (Wildman–Crippen MR) is 59.6 cm³/mol. The summed E-state index contributed by atoms with van der Waals surface area (Å²) in [5.41, 5.74) is 0.773. The first-order valence-corrected chi connectivity index (χ1v) is 5.77. The smallest absolute Gasteiger partial charge is 0.0326 e. The second-order valence-corrected chi connectivity index (χ2v) is 3.41. The van der Waals surface area contributed by atoms with Crippen LogP contribution in [0.1, 0.15) is 73.6 Å². The van der Waals surface area contributed by atoms with Gasteiger partial charge in [0.05, 0.1) is 0 Å². The topological polar surface area (TPSA) is 0 Å². The molecule has 0 aliphatic heterocycles. The van der Waals surface area contributed by atoms with Gasteiger partial charge >= 0.3 is 0 Å². The van der Waals surface area contributed by atoms with Gasteiger partial charge in [0.1, 0.15) is 0 Å². The molecule has 12 heavy (non-hydrogen) atoms. The Morgan fingerprint density at radius 3 is 1.50 bits per heavy atom. The summed E-state index contributed by atoms with van der Waals surface area (Å²) in [6.45, 7) is 12.7. The third kappa shape index (κ3) is 5.62. The third-order valence-electron chi connectivity index (χ3n) is 2.41. The van der Waals surface area contributed by atoms with E-state index in [1.165, 1.54) is 32.1 Å². The molecule has 76 valence electrons. The van der Waals surface area contributed by atoms with Gasteiger partial charge in [-0.2, -0.15) is 0 Å². The van der Waals surface area contributed by atoms with Gasteiger partial charge in [-0.1, -0.05) is 54.4 Å². The molecule has 0 heterocycles.